The maximum absolute atomic E-state index is 12.0. The van der Waals surface area contributed by atoms with E-state index >= 15 is 0 Å². The molecule has 0 unspecified atom stereocenters. The van der Waals surface area contributed by atoms with E-state index in [1.165, 1.54) is 12.1 Å². The fraction of sp³-hybridized carbons (Fsp3) is 0. The smallest absolute Gasteiger partial charge is 0.255 e. The Hall–Kier alpha value is -2.52. The number of carbonyl (C=O) groups is 1. The number of phenols is 2. The Morgan fingerprint density at radius 1 is 1.15 bits per heavy atom. The third-order valence-electron chi connectivity index (χ3n) is 2.51. The van der Waals surface area contributed by atoms with Gasteiger partial charge in [-0.05, 0) is 46.3 Å². The number of amides is 1. The number of anilines is 1. The summed E-state index contributed by atoms with van der Waals surface area (Å²) in [5.41, 5.74) is 1.07. The second kappa shape index (κ2) is 5.63. The van der Waals surface area contributed by atoms with Gasteiger partial charge in [0.2, 0.25) is 0 Å². The van der Waals surface area contributed by atoms with Crippen LogP contribution in [-0.4, -0.2) is 16.1 Å². The summed E-state index contributed by atoms with van der Waals surface area (Å²) in [5.74, 6) is -0.885. The SMILES string of the molecule is N#Cc1ccc(NC(=O)c2cc(O)cc(O)c2)c(Br)c1. The van der Waals surface area contributed by atoms with Gasteiger partial charge >= 0.3 is 0 Å². The van der Waals surface area contributed by atoms with Crippen molar-refractivity contribution in [3.8, 4) is 17.6 Å². The van der Waals surface area contributed by atoms with Crippen LogP contribution in [0.4, 0.5) is 5.69 Å². The van der Waals surface area contributed by atoms with Crippen LogP contribution in [0.1, 0.15) is 15.9 Å². The fourth-order valence-corrected chi connectivity index (χ4v) is 2.08. The number of phenolic OH excluding ortho intramolecular Hbond substituents is 2. The highest BCUT2D eigenvalue weighted by atomic mass is 79.9. The largest absolute Gasteiger partial charge is 0.508 e. The summed E-state index contributed by atoms with van der Waals surface area (Å²) in [6.07, 6.45) is 0. The Morgan fingerprint density at radius 3 is 2.35 bits per heavy atom. The molecular formula is C14H9BrN2O3. The van der Waals surface area contributed by atoms with Crippen molar-refractivity contribution in [3.05, 3.63) is 52.0 Å². The van der Waals surface area contributed by atoms with E-state index in [1.54, 1.807) is 18.2 Å². The predicted molar refractivity (Wildman–Crippen MR) is 76.6 cm³/mol. The minimum absolute atomic E-state index is 0.124. The zero-order chi connectivity index (χ0) is 14.7. The number of rotatable bonds is 2. The number of aromatic hydroxyl groups is 2. The van der Waals surface area contributed by atoms with Crippen LogP contribution in [0.25, 0.3) is 0 Å². The van der Waals surface area contributed by atoms with Gasteiger partial charge in [0.1, 0.15) is 11.5 Å². The summed E-state index contributed by atoms with van der Waals surface area (Å²) >= 11 is 3.25. The lowest BCUT2D eigenvalue weighted by atomic mass is 10.1. The molecule has 0 spiro atoms. The average molecular weight is 333 g/mol. The number of benzene rings is 2. The molecule has 2 rings (SSSR count). The van der Waals surface area contributed by atoms with Crippen molar-refractivity contribution in [1.29, 1.82) is 5.26 Å². The molecule has 6 heteroatoms. The summed E-state index contributed by atoms with van der Waals surface area (Å²) in [4.78, 5) is 12.0. The van der Waals surface area contributed by atoms with Crippen molar-refractivity contribution in [1.82, 2.24) is 0 Å². The lowest BCUT2D eigenvalue weighted by Gasteiger charge is -2.08. The Bertz CT molecular complexity index is 703. The molecule has 1 amide bonds. The number of hydrogen-bond acceptors (Lipinski definition) is 4. The first-order valence-electron chi connectivity index (χ1n) is 5.53. The van der Waals surface area contributed by atoms with Gasteiger partial charge in [0.15, 0.2) is 0 Å². The summed E-state index contributed by atoms with van der Waals surface area (Å²) in [6, 6.07) is 10.3. The number of carbonyl (C=O) groups excluding carboxylic acids is 1. The highest BCUT2D eigenvalue weighted by molar-refractivity contribution is 9.10. The first-order chi connectivity index (χ1) is 9.49. The Morgan fingerprint density at radius 2 is 1.80 bits per heavy atom. The molecule has 3 N–H and O–H groups in total. The quantitative estimate of drug-likeness (QED) is 0.788. The zero-order valence-electron chi connectivity index (χ0n) is 10.1. The van der Waals surface area contributed by atoms with Gasteiger partial charge in [-0.2, -0.15) is 5.26 Å². The van der Waals surface area contributed by atoms with Crippen LogP contribution in [0.15, 0.2) is 40.9 Å². The molecule has 5 nitrogen and oxygen atoms in total. The lowest BCUT2D eigenvalue weighted by molar-refractivity contribution is 0.102. The van der Waals surface area contributed by atoms with Gasteiger partial charge in [-0.1, -0.05) is 0 Å². The molecule has 0 heterocycles. The molecule has 0 saturated heterocycles. The van der Waals surface area contributed by atoms with Gasteiger partial charge in [0.05, 0.1) is 17.3 Å². The number of halogens is 1. The first kappa shape index (κ1) is 13.9. The number of nitrogens with one attached hydrogen (secondary N) is 1. The van der Waals surface area contributed by atoms with Crippen molar-refractivity contribution in [2.24, 2.45) is 0 Å². The molecule has 0 saturated carbocycles. The molecule has 20 heavy (non-hydrogen) atoms. The van der Waals surface area contributed by atoms with E-state index in [9.17, 15) is 15.0 Å². The van der Waals surface area contributed by atoms with Crippen molar-refractivity contribution in [3.63, 3.8) is 0 Å². The predicted octanol–water partition coefficient (Wildman–Crippen LogP) is 2.98. The van der Waals surface area contributed by atoms with E-state index in [0.717, 1.165) is 6.07 Å². The molecule has 0 radical (unpaired) electrons. The summed E-state index contributed by atoms with van der Waals surface area (Å²) in [6.45, 7) is 0. The van der Waals surface area contributed by atoms with Gasteiger partial charge in [-0.15, -0.1) is 0 Å². The topological polar surface area (TPSA) is 93.4 Å². The average Bonchev–Trinajstić information content (AvgIpc) is 2.39. The van der Waals surface area contributed by atoms with E-state index in [2.05, 4.69) is 21.2 Å². The highest BCUT2D eigenvalue weighted by Gasteiger charge is 2.11. The lowest BCUT2D eigenvalue weighted by Crippen LogP contribution is -2.12. The van der Waals surface area contributed by atoms with Crippen LogP contribution in [0.3, 0.4) is 0 Å². The standard InChI is InChI=1S/C14H9BrN2O3/c15-12-3-8(7-16)1-2-13(12)17-14(20)9-4-10(18)6-11(19)5-9/h1-6,18-19H,(H,17,20). The second-order valence-electron chi connectivity index (χ2n) is 4.00. The number of nitrogens with zero attached hydrogens (tertiary/aromatic N) is 1. The molecule has 0 aliphatic heterocycles. The van der Waals surface area contributed by atoms with E-state index in [-0.39, 0.29) is 17.1 Å². The van der Waals surface area contributed by atoms with Gasteiger partial charge in [-0.3, -0.25) is 4.79 Å². The van der Waals surface area contributed by atoms with E-state index in [4.69, 9.17) is 5.26 Å². The maximum Gasteiger partial charge on any atom is 0.255 e. The maximum atomic E-state index is 12.0. The third kappa shape index (κ3) is 3.08. The zero-order valence-corrected chi connectivity index (χ0v) is 11.7. The van der Waals surface area contributed by atoms with Crippen LogP contribution in [0, 0.1) is 11.3 Å². The van der Waals surface area contributed by atoms with Crippen LogP contribution < -0.4 is 5.32 Å². The number of hydrogen-bond donors (Lipinski definition) is 3. The van der Waals surface area contributed by atoms with Gasteiger partial charge in [0, 0.05) is 16.1 Å². The molecule has 0 fully saturated rings. The minimum atomic E-state index is -0.485. The molecule has 0 aliphatic carbocycles. The first-order valence-corrected chi connectivity index (χ1v) is 6.33. The monoisotopic (exact) mass is 332 g/mol. The summed E-state index contributed by atoms with van der Waals surface area (Å²) in [5, 5.41) is 30.1. The molecule has 100 valence electrons. The van der Waals surface area contributed by atoms with Crippen molar-refractivity contribution < 1.29 is 15.0 Å². The Labute approximate surface area is 123 Å². The van der Waals surface area contributed by atoms with Gasteiger partial charge in [-0.25, -0.2) is 0 Å². The van der Waals surface area contributed by atoms with Crippen molar-refractivity contribution in [2.45, 2.75) is 0 Å². The molecule has 0 atom stereocenters. The van der Waals surface area contributed by atoms with Crippen molar-refractivity contribution in [2.75, 3.05) is 5.32 Å². The fourth-order valence-electron chi connectivity index (χ4n) is 1.61. The third-order valence-corrected chi connectivity index (χ3v) is 3.17. The molecule has 0 aliphatic rings. The normalized spacial score (nSPS) is 9.80. The van der Waals surface area contributed by atoms with Gasteiger partial charge < -0.3 is 15.5 Å². The highest BCUT2D eigenvalue weighted by Crippen LogP contribution is 2.25. The van der Waals surface area contributed by atoms with Crippen LogP contribution in [-0.2, 0) is 0 Å². The Balaban J connectivity index is 2.26. The second-order valence-corrected chi connectivity index (χ2v) is 4.85. The van der Waals surface area contributed by atoms with Crippen LogP contribution >= 0.6 is 15.9 Å². The molecule has 0 aromatic heterocycles. The van der Waals surface area contributed by atoms with E-state index < -0.39 is 5.91 Å². The van der Waals surface area contributed by atoms with Crippen LogP contribution in [0.2, 0.25) is 0 Å². The summed E-state index contributed by atoms with van der Waals surface area (Å²) < 4.78 is 0.564. The number of nitriles is 1. The van der Waals surface area contributed by atoms with E-state index in [0.29, 0.717) is 15.7 Å². The van der Waals surface area contributed by atoms with Gasteiger partial charge in [0.25, 0.3) is 5.91 Å². The minimum Gasteiger partial charge on any atom is -0.508 e. The molecule has 0 bridgehead atoms. The van der Waals surface area contributed by atoms with E-state index in [1.807, 2.05) is 6.07 Å². The Kier molecular flexibility index (Phi) is 3.91. The van der Waals surface area contributed by atoms with Crippen molar-refractivity contribution >= 4 is 27.5 Å². The summed E-state index contributed by atoms with van der Waals surface area (Å²) in [7, 11) is 0. The molecule has 2 aromatic rings. The molecule has 2 aromatic carbocycles. The molecular weight excluding hydrogens is 324 g/mol. The van der Waals surface area contributed by atoms with Crippen LogP contribution in [0.5, 0.6) is 11.5 Å².